The minimum atomic E-state index is 0.0336. The van der Waals surface area contributed by atoms with E-state index >= 15 is 0 Å². The van der Waals surface area contributed by atoms with Crippen molar-refractivity contribution in [2.75, 3.05) is 0 Å². The maximum Gasteiger partial charge on any atom is 0.221 e. The molecular formula is C11H11NO. The van der Waals surface area contributed by atoms with Crippen LogP contribution in [0.4, 0.5) is 0 Å². The second-order valence-electron chi connectivity index (χ2n) is 3.99. The summed E-state index contributed by atoms with van der Waals surface area (Å²) in [7, 11) is 0. The Hall–Kier alpha value is -1.31. The molecule has 13 heavy (non-hydrogen) atoms. The predicted molar refractivity (Wildman–Crippen MR) is 49.9 cm³/mol. The second-order valence-corrected chi connectivity index (χ2v) is 3.99. The van der Waals surface area contributed by atoms with Crippen molar-refractivity contribution in [1.29, 1.82) is 0 Å². The molecule has 1 spiro atoms. The molecular weight excluding hydrogens is 162 g/mol. The van der Waals surface area contributed by atoms with Crippen molar-refractivity contribution < 1.29 is 4.79 Å². The third kappa shape index (κ3) is 0.755. The fraction of sp³-hybridized carbons (Fsp3) is 0.364. The molecule has 0 radical (unpaired) electrons. The number of carbonyl (C=O) groups excluding carboxylic acids is 1. The van der Waals surface area contributed by atoms with Crippen LogP contribution in [0.15, 0.2) is 36.5 Å². The summed E-state index contributed by atoms with van der Waals surface area (Å²) >= 11 is 0. The van der Waals surface area contributed by atoms with Crippen LogP contribution in [0.1, 0.15) is 6.42 Å². The number of amides is 1. The zero-order chi connectivity index (χ0) is 8.89. The van der Waals surface area contributed by atoms with E-state index in [9.17, 15) is 4.79 Å². The standard InChI is InChI=1S/C11H11NO/c13-10-7-11-6-2-1-3-8(11)4-5-9(11)12-10/h1-6,8-9H,7H2,(H,12,13)/t8-,9-,11+/m1/s1. The molecule has 1 saturated heterocycles. The maximum atomic E-state index is 11.3. The first-order valence-electron chi connectivity index (χ1n) is 4.65. The Morgan fingerprint density at radius 2 is 2.23 bits per heavy atom. The molecule has 2 heteroatoms. The van der Waals surface area contributed by atoms with Gasteiger partial charge in [-0.15, -0.1) is 0 Å². The molecule has 0 saturated carbocycles. The lowest BCUT2D eigenvalue weighted by Crippen LogP contribution is -2.35. The van der Waals surface area contributed by atoms with E-state index < -0.39 is 0 Å². The van der Waals surface area contributed by atoms with Crippen molar-refractivity contribution >= 4 is 5.91 Å². The monoisotopic (exact) mass is 173 g/mol. The number of hydrogen-bond acceptors (Lipinski definition) is 1. The number of allylic oxidation sites excluding steroid dienone is 4. The zero-order valence-electron chi connectivity index (χ0n) is 7.23. The van der Waals surface area contributed by atoms with E-state index in [1.807, 2.05) is 0 Å². The first-order valence-corrected chi connectivity index (χ1v) is 4.65. The summed E-state index contributed by atoms with van der Waals surface area (Å²) in [6, 6.07) is 0.228. The summed E-state index contributed by atoms with van der Waals surface area (Å²) < 4.78 is 0. The lowest BCUT2D eigenvalue weighted by molar-refractivity contribution is -0.119. The van der Waals surface area contributed by atoms with Gasteiger partial charge in [-0.3, -0.25) is 4.79 Å². The largest absolute Gasteiger partial charge is 0.349 e. The fourth-order valence-electron chi connectivity index (χ4n) is 2.64. The molecule has 0 aromatic heterocycles. The Balaban J connectivity index is 2.09. The summed E-state index contributed by atoms with van der Waals surface area (Å²) in [5.41, 5.74) is 0.0336. The summed E-state index contributed by atoms with van der Waals surface area (Å²) in [5, 5.41) is 2.99. The van der Waals surface area contributed by atoms with Crippen LogP contribution < -0.4 is 5.32 Å². The minimum absolute atomic E-state index is 0.0336. The average Bonchev–Trinajstić information content (AvgIpc) is 2.57. The van der Waals surface area contributed by atoms with Gasteiger partial charge in [-0.05, 0) is 0 Å². The van der Waals surface area contributed by atoms with Crippen LogP contribution in [0.2, 0.25) is 0 Å². The first kappa shape index (κ1) is 7.13. The Morgan fingerprint density at radius 1 is 1.31 bits per heavy atom. The molecule has 1 fully saturated rings. The lowest BCUT2D eigenvalue weighted by atomic mass is 9.72. The Labute approximate surface area is 77.0 Å². The van der Waals surface area contributed by atoms with Gasteiger partial charge in [-0.25, -0.2) is 0 Å². The lowest BCUT2D eigenvalue weighted by Gasteiger charge is -2.31. The third-order valence-corrected chi connectivity index (χ3v) is 3.33. The summed E-state index contributed by atoms with van der Waals surface area (Å²) in [5.74, 6) is 0.598. The van der Waals surface area contributed by atoms with Gasteiger partial charge in [0.05, 0.1) is 6.04 Å². The summed E-state index contributed by atoms with van der Waals surface area (Å²) in [6.45, 7) is 0. The minimum Gasteiger partial charge on any atom is -0.349 e. The molecule has 3 aliphatic rings. The van der Waals surface area contributed by atoms with Crippen LogP contribution in [0.5, 0.6) is 0 Å². The van der Waals surface area contributed by atoms with Gasteiger partial charge in [0.2, 0.25) is 5.91 Å². The molecule has 2 aliphatic carbocycles. The van der Waals surface area contributed by atoms with Crippen molar-refractivity contribution in [2.45, 2.75) is 12.5 Å². The van der Waals surface area contributed by atoms with Crippen LogP contribution in [-0.2, 0) is 4.79 Å². The zero-order valence-corrected chi connectivity index (χ0v) is 7.23. The highest BCUT2D eigenvalue weighted by Gasteiger charge is 2.51. The van der Waals surface area contributed by atoms with Crippen molar-refractivity contribution in [3.8, 4) is 0 Å². The smallest absolute Gasteiger partial charge is 0.221 e. The van der Waals surface area contributed by atoms with Gasteiger partial charge < -0.3 is 5.32 Å². The van der Waals surface area contributed by atoms with Gasteiger partial charge in [0.1, 0.15) is 0 Å². The molecule has 1 aliphatic heterocycles. The van der Waals surface area contributed by atoms with E-state index in [1.165, 1.54) is 0 Å². The quantitative estimate of drug-likeness (QED) is 0.547. The molecule has 3 rings (SSSR count). The molecule has 1 N–H and O–H groups in total. The SMILES string of the molecule is O=C1C[C@@]23C=CC=C[C@@H]2C=C[C@H]3N1. The molecule has 0 unspecified atom stereocenters. The average molecular weight is 173 g/mol. The van der Waals surface area contributed by atoms with Gasteiger partial charge in [0.25, 0.3) is 0 Å². The van der Waals surface area contributed by atoms with Gasteiger partial charge >= 0.3 is 0 Å². The van der Waals surface area contributed by atoms with Gasteiger partial charge in [-0.1, -0.05) is 36.5 Å². The van der Waals surface area contributed by atoms with Crippen LogP contribution in [0.3, 0.4) is 0 Å². The van der Waals surface area contributed by atoms with Gasteiger partial charge in [0.15, 0.2) is 0 Å². The topological polar surface area (TPSA) is 29.1 Å². The van der Waals surface area contributed by atoms with Crippen LogP contribution in [-0.4, -0.2) is 11.9 Å². The second kappa shape index (κ2) is 2.13. The third-order valence-electron chi connectivity index (χ3n) is 3.33. The molecule has 0 aromatic rings. The normalized spacial score (nSPS) is 44.8. The first-order chi connectivity index (χ1) is 6.31. The van der Waals surface area contributed by atoms with Gasteiger partial charge in [-0.2, -0.15) is 0 Å². The molecule has 0 aromatic carbocycles. The Bertz CT molecular complexity index is 353. The molecule has 1 amide bonds. The summed E-state index contributed by atoms with van der Waals surface area (Å²) in [6.07, 6.45) is 13.4. The van der Waals surface area contributed by atoms with Crippen LogP contribution >= 0.6 is 0 Å². The summed E-state index contributed by atoms with van der Waals surface area (Å²) in [4.78, 5) is 11.3. The highest BCUT2D eigenvalue weighted by atomic mass is 16.2. The number of nitrogens with one attached hydrogen (secondary N) is 1. The Morgan fingerprint density at radius 3 is 3.15 bits per heavy atom. The van der Waals surface area contributed by atoms with Crippen molar-refractivity contribution in [3.05, 3.63) is 36.5 Å². The van der Waals surface area contributed by atoms with E-state index in [2.05, 4.69) is 41.8 Å². The van der Waals surface area contributed by atoms with E-state index in [4.69, 9.17) is 0 Å². The van der Waals surface area contributed by atoms with Crippen molar-refractivity contribution in [1.82, 2.24) is 5.32 Å². The molecule has 3 atom stereocenters. The van der Waals surface area contributed by atoms with Crippen molar-refractivity contribution in [2.24, 2.45) is 11.3 Å². The van der Waals surface area contributed by atoms with Gasteiger partial charge in [0, 0.05) is 17.8 Å². The highest BCUT2D eigenvalue weighted by molar-refractivity contribution is 5.82. The molecule has 66 valence electrons. The van der Waals surface area contributed by atoms with E-state index in [0.29, 0.717) is 12.3 Å². The highest BCUT2D eigenvalue weighted by Crippen LogP contribution is 2.48. The number of hydrogen-bond donors (Lipinski definition) is 1. The molecule has 2 nitrogen and oxygen atoms in total. The number of rotatable bonds is 0. The van der Waals surface area contributed by atoms with E-state index in [-0.39, 0.29) is 17.4 Å². The van der Waals surface area contributed by atoms with Crippen molar-refractivity contribution in [3.63, 3.8) is 0 Å². The van der Waals surface area contributed by atoms with E-state index in [0.717, 1.165) is 0 Å². The Kier molecular flexibility index (Phi) is 1.17. The molecule has 1 heterocycles. The molecule has 0 bridgehead atoms. The number of carbonyl (C=O) groups is 1. The van der Waals surface area contributed by atoms with Crippen LogP contribution in [0.25, 0.3) is 0 Å². The predicted octanol–water partition coefficient (Wildman–Crippen LogP) is 1.17. The maximum absolute atomic E-state index is 11.3. The van der Waals surface area contributed by atoms with E-state index in [1.54, 1.807) is 0 Å². The fourth-order valence-corrected chi connectivity index (χ4v) is 2.64. The van der Waals surface area contributed by atoms with Crippen LogP contribution in [0, 0.1) is 11.3 Å².